The first-order valence-electron chi connectivity index (χ1n) is 8.03. The van der Waals surface area contributed by atoms with E-state index in [9.17, 15) is 9.90 Å². The van der Waals surface area contributed by atoms with Gasteiger partial charge in [-0.05, 0) is 63.7 Å². The van der Waals surface area contributed by atoms with Gasteiger partial charge in [-0.1, -0.05) is 30.7 Å². The summed E-state index contributed by atoms with van der Waals surface area (Å²) in [5.74, 6) is 1.53. The average Bonchev–Trinajstić information content (AvgIpc) is 2.92. The SMILES string of the molecule is CC(C)=CCCC(C)(/C=C/C=O)C/C=C(/CO)c1ccc(C)o1. The first kappa shape index (κ1) is 19.2. The second-order valence-electron chi connectivity index (χ2n) is 6.47. The minimum Gasteiger partial charge on any atom is -0.462 e. The van der Waals surface area contributed by atoms with E-state index in [0.29, 0.717) is 5.76 Å². The Morgan fingerprint density at radius 3 is 2.57 bits per heavy atom. The molecule has 0 aromatic carbocycles. The third-order valence-corrected chi connectivity index (χ3v) is 3.89. The van der Waals surface area contributed by atoms with E-state index >= 15 is 0 Å². The van der Waals surface area contributed by atoms with Gasteiger partial charge in [-0.25, -0.2) is 0 Å². The molecule has 0 aliphatic rings. The van der Waals surface area contributed by atoms with Gasteiger partial charge in [-0.15, -0.1) is 0 Å². The Morgan fingerprint density at radius 1 is 1.30 bits per heavy atom. The number of rotatable bonds is 9. The van der Waals surface area contributed by atoms with Gasteiger partial charge < -0.3 is 9.52 Å². The molecule has 3 heteroatoms. The molecule has 0 aliphatic carbocycles. The number of aliphatic hydroxyl groups is 1. The first-order valence-corrected chi connectivity index (χ1v) is 8.03. The van der Waals surface area contributed by atoms with Crippen molar-refractivity contribution in [3.05, 3.63) is 53.5 Å². The zero-order valence-corrected chi connectivity index (χ0v) is 14.6. The van der Waals surface area contributed by atoms with E-state index in [0.717, 1.165) is 36.9 Å². The highest BCUT2D eigenvalue weighted by atomic mass is 16.3. The largest absolute Gasteiger partial charge is 0.462 e. The van der Waals surface area contributed by atoms with E-state index < -0.39 is 0 Å². The summed E-state index contributed by atoms with van der Waals surface area (Å²) in [6, 6.07) is 3.76. The van der Waals surface area contributed by atoms with Gasteiger partial charge >= 0.3 is 0 Å². The number of carbonyl (C=O) groups excluding carboxylic acids is 1. The van der Waals surface area contributed by atoms with Crippen LogP contribution in [0.5, 0.6) is 0 Å². The quantitative estimate of drug-likeness (QED) is 0.402. The topological polar surface area (TPSA) is 50.4 Å². The van der Waals surface area contributed by atoms with Crippen LogP contribution in [0.3, 0.4) is 0 Å². The number of aryl methyl sites for hydroxylation is 1. The number of hydrogen-bond donors (Lipinski definition) is 1. The molecule has 0 saturated carbocycles. The second kappa shape index (κ2) is 9.31. The minimum absolute atomic E-state index is 0.0611. The van der Waals surface area contributed by atoms with Gasteiger partial charge in [0.2, 0.25) is 0 Å². The van der Waals surface area contributed by atoms with Crippen LogP contribution < -0.4 is 0 Å². The predicted molar refractivity (Wildman–Crippen MR) is 95.1 cm³/mol. The standard InChI is InChI=1S/C20H28O3/c1-16(2)7-5-11-20(4,12-6-14-21)13-10-18(15-22)19-9-8-17(3)23-19/h6-10,12,14,22H,5,11,13,15H2,1-4H3/b12-6+,18-10-. The molecule has 3 nitrogen and oxygen atoms in total. The van der Waals surface area contributed by atoms with Gasteiger partial charge in [0.05, 0.1) is 6.61 Å². The molecular weight excluding hydrogens is 288 g/mol. The number of furan rings is 1. The van der Waals surface area contributed by atoms with Crippen molar-refractivity contribution in [3.63, 3.8) is 0 Å². The van der Waals surface area contributed by atoms with Crippen molar-refractivity contribution >= 4 is 11.9 Å². The zero-order valence-electron chi connectivity index (χ0n) is 14.6. The van der Waals surface area contributed by atoms with Crippen molar-refractivity contribution in [3.8, 4) is 0 Å². The Labute approximate surface area is 139 Å². The van der Waals surface area contributed by atoms with Crippen molar-refractivity contribution in [1.82, 2.24) is 0 Å². The summed E-state index contributed by atoms with van der Waals surface area (Å²) in [6.45, 7) is 8.12. The third kappa shape index (κ3) is 6.83. The highest BCUT2D eigenvalue weighted by Gasteiger charge is 2.19. The van der Waals surface area contributed by atoms with Crippen LogP contribution in [-0.4, -0.2) is 18.0 Å². The van der Waals surface area contributed by atoms with Gasteiger partial charge in [-0.3, -0.25) is 4.79 Å². The number of aldehydes is 1. The van der Waals surface area contributed by atoms with E-state index in [1.807, 2.05) is 31.2 Å². The van der Waals surface area contributed by atoms with E-state index in [-0.39, 0.29) is 12.0 Å². The van der Waals surface area contributed by atoms with Crippen LogP contribution in [-0.2, 0) is 4.79 Å². The number of carbonyl (C=O) groups is 1. The molecule has 1 N–H and O–H groups in total. The van der Waals surface area contributed by atoms with Crippen molar-refractivity contribution < 1.29 is 14.3 Å². The van der Waals surface area contributed by atoms with Crippen LogP contribution in [0.2, 0.25) is 0 Å². The lowest BCUT2D eigenvalue weighted by atomic mass is 9.81. The summed E-state index contributed by atoms with van der Waals surface area (Å²) in [5.41, 5.74) is 1.95. The Hall–Kier alpha value is -1.87. The summed E-state index contributed by atoms with van der Waals surface area (Å²) in [4.78, 5) is 10.7. The maximum absolute atomic E-state index is 10.7. The Morgan fingerprint density at radius 2 is 2.04 bits per heavy atom. The number of hydrogen-bond acceptors (Lipinski definition) is 3. The maximum atomic E-state index is 10.7. The average molecular weight is 316 g/mol. The van der Waals surface area contributed by atoms with Crippen LogP contribution in [0.1, 0.15) is 51.6 Å². The summed E-state index contributed by atoms with van der Waals surface area (Å²) < 4.78 is 5.58. The fourth-order valence-corrected chi connectivity index (χ4v) is 2.42. The first-order chi connectivity index (χ1) is 10.9. The lowest BCUT2D eigenvalue weighted by Gasteiger charge is -2.24. The Bertz CT molecular complexity index is 586. The summed E-state index contributed by atoms with van der Waals surface area (Å²) in [5, 5.41) is 9.60. The van der Waals surface area contributed by atoms with Gasteiger partial charge in [0.1, 0.15) is 17.8 Å². The molecule has 0 radical (unpaired) electrons. The lowest BCUT2D eigenvalue weighted by molar-refractivity contribution is -0.104. The molecule has 0 amide bonds. The van der Waals surface area contributed by atoms with Crippen LogP contribution in [0.15, 0.2) is 46.4 Å². The molecule has 0 fully saturated rings. The Balaban J connectivity index is 2.90. The van der Waals surface area contributed by atoms with E-state index in [4.69, 9.17) is 4.42 Å². The molecule has 0 bridgehead atoms. The van der Waals surface area contributed by atoms with Gasteiger partial charge in [-0.2, -0.15) is 0 Å². The molecule has 23 heavy (non-hydrogen) atoms. The van der Waals surface area contributed by atoms with Gasteiger partial charge in [0, 0.05) is 5.57 Å². The Kier molecular flexibility index (Phi) is 7.76. The van der Waals surface area contributed by atoms with Crippen LogP contribution >= 0.6 is 0 Å². The molecule has 1 atom stereocenters. The number of allylic oxidation sites excluding steroid dienone is 5. The smallest absolute Gasteiger partial charge is 0.142 e. The van der Waals surface area contributed by atoms with Crippen molar-refractivity contribution in [2.45, 2.75) is 47.0 Å². The van der Waals surface area contributed by atoms with E-state index in [1.165, 1.54) is 5.57 Å². The van der Waals surface area contributed by atoms with Crippen LogP contribution in [0.25, 0.3) is 5.57 Å². The van der Waals surface area contributed by atoms with Gasteiger partial charge in [0.15, 0.2) is 0 Å². The van der Waals surface area contributed by atoms with E-state index in [2.05, 4.69) is 26.8 Å². The fraction of sp³-hybridized carbons (Fsp3) is 0.450. The minimum atomic E-state index is -0.130. The van der Waals surface area contributed by atoms with Crippen molar-refractivity contribution in [2.75, 3.05) is 6.61 Å². The molecule has 0 saturated heterocycles. The highest BCUT2D eigenvalue weighted by Crippen LogP contribution is 2.32. The predicted octanol–water partition coefficient (Wildman–Crippen LogP) is 4.86. The molecule has 1 unspecified atom stereocenters. The third-order valence-electron chi connectivity index (χ3n) is 3.89. The van der Waals surface area contributed by atoms with Crippen molar-refractivity contribution in [2.24, 2.45) is 5.41 Å². The second-order valence-corrected chi connectivity index (χ2v) is 6.47. The normalized spacial score (nSPS) is 14.7. The fourth-order valence-electron chi connectivity index (χ4n) is 2.42. The van der Waals surface area contributed by atoms with Gasteiger partial charge in [0.25, 0.3) is 0 Å². The molecule has 1 aromatic heterocycles. The summed E-state index contributed by atoms with van der Waals surface area (Å²) >= 11 is 0. The zero-order chi connectivity index (χ0) is 17.3. The van der Waals surface area contributed by atoms with Crippen LogP contribution in [0, 0.1) is 12.3 Å². The summed E-state index contributed by atoms with van der Waals surface area (Å²) in [6.07, 6.45) is 11.2. The van der Waals surface area contributed by atoms with E-state index in [1.54, 1.807) is 6.08 Å². The molecule has 0 aliphatic heterocycles. The lowest BCUT2D eigenvalue weighted by Crippen LogP contribution is -2.12. The van der Waals surface area contributed by atoms with Crippen LogP contribution in [0.4, 0.5) is 0 Å². The maximum Gasteiger partial charge on any atom is 0.142 e. The molecule has 1 aromatic rings. The molecule has 1 rings (SSSR count). The number of aliphatic hydroxyl groups excluding tert-OH is 1. The summed E-state index contributed by atoms with van der Waals surface area (Å²) in [7, 11) is 0. The molecule has 1 heterocycles. The molecule has 0 spiro atoms. The highest BCUT2D eigenvalue weighted by molar-refractivity contribution is 5.65. The molecule has 126 valence electrons. The molecular formula is C20H28O3. The monoisotopic (exact) mass is 316 g/mol. The van der Waals surface area contributed by atoms with Crippen molar-refractivity contribution in [1.29, 1.82) is 0 Å².